The number of carbonyl (C=O) groups is 1. The topological polar surface area (TPSA) is 36.1 Å². The molecule has 0 unspecified atom stereocenters. The van der Waals surface area contributed by atoms with Gasteiger partial charge in [-0.25, -0.2) is 4.39 Å². The smallest absolute Gasteiger partial charge is 0.255 e. The molecular formula is C24H17FN2O. The fourth-order valence-electron chi connectivity index (χ4n) is 4.90. The number of amides is 1. The van der Waals surface area contributed by atoms with Gasteiger partial charge in [0.1, 0.15) is 5.82 Å². The fraction of sp³-hybridized carbons (Fsp3) is 0.125. The molecule has 0 saturated carbocycles. The van der Waals surface area contributed by atoms with Crippen LogP contribution in [0.1, 0.15) is 44.7 Å². The van der Waals surface area contributed by atoms with Gasteiger partial charge in [-0.05, 0) is 41.0 Å². The van der Waals surface area contributed by atoms with Crippen LogP contribution in [0.2, 0.25) is 0 Å². The maximum Gasteiger partial charge on any atom is 0.255 e. The molecule has 28 heavy (non-hydrogen) atoms. The third-order valence-electron chi connectivity index (χ3n) is 6.11. The third kappa shape index (κ3) is 2.00. The summed E-state index contributed by atoms with van der Waals surface area (Å²) in [5.74, 6) is -0.181. The van der Waals surface area contributed by atoms with Gasteiger partial charge in [-0.2, -0.15) is 0 Å². The minimum Gasteiger partial charge on any atom is -0.356 e. The number of rotatable bonds is 1. The second-order valence-electron chi connectivity index (χ2n) is 7.55. The number of H-pyrrole nitrogens is 1. The molecular weight excluding hydrogens is 351 g/mol. The van der Waals surface area contributed by atoms with Gasteiger partial charge in [-0.3, -0.25) is 4.79 Å². The summed E-state index contributed by atoms with van der Waals surface area (Å²) < 4.78 is 13.5. The molecule has 2 aliphatic rings. The summed E-state index contributed by atoms with van der Waals surface area (Å²) >= 11 is 0. The monoisotopic (exact) mass is 368 g/mol. The van der Waals surface area contributed by atoms with E-state index in [1.165, 1.54) is 23.1 Å². The lowest BCUT2D eigenvalue weighted by molar-refractivity contribution is 0.0727. The van der Waals surface area contributed by atoms with Crippen molar-refractivity contribution in [1.82, 2.24) is 9.88 Å². The Kier molecular flexibility index (Phi) is 3.10. The average molecular weight is 368 g/mol. The quantitative estimate of drug-likeness (QED) is 0.504. The van der Waals surface area contributed by atoms with Crippen LogP contribution in [-0.2, 0) is 0 Å². The highest BCUT2D eigenvalue weighted by atomic mass is 19.1. The van der Waals surface area contributed by atoms with Gasteiger partial charge in [0.15, 0.2) is 0 Å². The first kappa shape index (κ1) is 15.6. The molecule has 0 spiro atoms. The molecule has 3 aromatic carbocycles. The summed E-state index contributed by atoms with van der Waals surface area (Å²) in [6, 6.07) is 22.7. The number of carbonyl (C=O) groups excluding carboxylic acids is 1. The minimum absolute atomic E-state index is 0.00117. The molecule has 0 saturated heterocycles. The molecule has 1 N–H and O–H groups in total. The van der Waals surface area contributed by atoms with Gasteiger partial charge >= 0.3 is 0 Å². The van der Waals surface area contributed by atoms with Crippen molar-refractivity contribution >= 4 is 16.8 Å². The van der Waals surface area contributed by atoms with Gasteiger partial charge in [-0.15, -0.1) is 0 Å². The molecule has 0 fully saturated rings. The molecule has 6 rings (SSSR count). The Hall–Kier alpha value is -3.40. The van der Waals surface area contributed by atoms with E-state index in [1.54, 1.807) is 0 Å². The van der Waals surface area contributed by atoms with Crippen LogP contribution in [0.4, 0.5) is 4.39 Å². The van der Waals surface area contributed by atoms with E-state index in [4.69, 9.17) is 0 Å². The van der Waals surface area contributed by atoms with E-state index in [0.717, 1.165) is 27.9 Å². The van der Waals surface area contributed by atoms with Crippen molar-refractivity contribution in [3.63, 3.8) is 0 Å². The predicted octanol–water partition coefficient (Wildman–Crippen LogP) is 5.00. The Balaban J connectivity index is 1.63. The van der Waals surface area contributed by atoms with Crippen molar-refractivity contribution < 1.29 is 9.18 Å². The van der Waals surface area contributed by atoms with E-state index in [1.807, 2.05) is 53.4 Å². The summed E-state index contributed by atoms with van der Waals surface area (Å²) in [6.45, 7) is 0.582. The molecule has 2 atom stereocenters. The second kappa shape index (κ2) is 5.55. The Morgan fingerprint density at radius 2 is 1.68 bits per heavy atom. The van der Waals surface area contributed by atoms with Crippen LogP contribution < -0.4 is 0 Å². The molecule has 1 amide bonds. The SMILES string of the molecule is O=C1c2ccccc2[C@H]2c3[nH]c4ccccc4c3[C@H](c3ccc(F)cc3)CN12. The van der Waals surface area contributed by atoms with Crippen molar-refractivity contribution in [2.24, 2.45) is 0 Å². The zero-order chi connectivity index (χ0) is 18.8. The standard InChI is InChI=1S/C24H17FN2O/c25-15-11-9-14(10-12-15)19-13-27-23(16-5-1-2-6-17(16)24(27)28)22-21(19)18-7-3-4-8-20(18)26-22/h1-12,19,23,26H,13H2/t19-,23-/m0/s1. The Bertz CT molecular complexity index is 1240. The highest BCUT2D eigenvalue weighted by molar-refractivity contribution is 6.01. The average Bonchev–Trinajstić information content (AvgIpc) is 3.25. The highest BCUT2D eigenvalue weighted by Crippen LogP contribution is 2.49. The Morgan fingerprint density at radius 1 is 0.929 bits per heavy atom. The van der Waals surface area contributed by atoms with Crippen LogP contribution in [0.3, 0.4) is 0 Å². The molecule has 1 aromatic heterocycles. The number of fused-ring (bicyclic) bond motifs is 7. The number of halogens is 1. The van der Waals surface area contributed by atoms with Crippen LogP contribution in [0.25, 0.3) is 10.9 Å². The van der Waals surface area contributed by atoms with E-state index >= 15 is 0 Å². The number of nitrogens with one attached hydrogen (secondary N) is 1. The van der Waals surface area contributed by atoms with Crippen LogP contribution in [-0.4, -0.2) is 22.3 Å². The van der Waals surface area contributed by atoms with E-state index in [0.29, 0.717) is 6.54 Å². The number of aromatic amines is 1. The fourth-order valence-corrected chi connectivity index (χ4v) is 4.90. The molecule has 0 aliphatic carbocycles. The normalized spacial score (nSPS) is 20.2. The first-order valence-corrected chi connectivity index (χ1v) is 9.48. The van der Waals surface area contributed by atoms with Crippen molar-refractivity contribution in [3.05, 3.63) is 107 Å². The van der Waals surface area contributed by atoms with Gasteiger partial charge in [0.2, 0.25) is 0 Å². The molecule has 3 heterocycles. The van der Waals surface area contributed by atoms with Crippen molar-refractivity contribution in [2.45, 2.75) is 12.0 Å². The molecule has 136 valence electrons. The molecule has 3 nitrogen and oxygen atoms in total. The maximum absolute atomic E-state index is 13.5. The van der Waals surface area contributed by atoms with Gasteiger partial charge < -0.3 is 9.88 Å². The summed E-state index contributed by atoms with van der Waals surface area (Å²) in [5.41, 5.74) is 6.20. The number of nitrogens with zero attached hydrogens (tertiary/aromatic N) is 1. The van der Waals surface area contributed by atoms with Crippen molar-refractivity contribution in [2.75, 3.05) is 6.54 Å². The van der Waals surface area contributed by atoms with E-state index in [9.17, 15) is 9.18 Å². The summed E-state index contributed by atoms with van der Waals surface area (Å²) in [5, 5.41) is 1.17. The molecule has 4 aromatic rings. The lowest BCUT2D eigenvalue weighted by Crippen LogP contribution is -2.37. The van der Waals surface area contributed by atoms with Crippen LogP contribution in [0, 0.1) is 5.82 Å². The minimum atomic E-state index is -0.249. The van der Waals surface area contributed by atoms with Crippen LogP contribution in [0.5, 0.6) is 0 Å². The van der Waals surface area contributed by atoms with Crippen molar-refractivity contribution in [1.29, 1.82) is 0 Å². The number of hydrogen-bond acceptors (Lipinski definition) is 1. The zero-order valence-electron chi connectivity index (χ0n) is 15.0. The van der Waals surface area contributed by atoms with Gasteiger partial charge in [0.25, 0.3) is 5.91 Å². The molecule has 2 aliphatic heterocycles. The Morgan fingerprint density at radius 3 is 2.54 bits per heavy atom. The summed E-state index contributed by atoms with van der Waals surface area (Å²) in [6.07, 6.45) is 0. The molecule has 0 radical (unpaired) electrons. The van der Waals surface area contributed by atoms with E-state index in [-0.39, 0.29) is 23.7 Å². The van der Waals surface area contributed by atoms with Gasteiger partial charge in [-0.1, -0.05) is 48.5 Å². The van der Waals surface area contributed by atoms with Crippen LogP contribution in [0.15, 0.2) is 72.8 Å². The lowest BCUT2D eigenvalue weighted by atomic mass is 9.83. The number of benzene rings is 3. The number of aromatic nitrogens is 1. The highest BCUT2D eigenvalue weighted by Gasteiger charge is 2.45. The van der Waals surface area contributed by atoms with Gasteiger partial charge in [0, 0.05) is 34.6 Å². The summed E-state index contributed by atoms with van der Waals surface area (Å²) in [7, 11) is 0. The van der Waals surface area contributed by atoms with Gasteiger partial charge in [0.05, 0.1) is 6.04 Å². The third-order valence-corrected chi connectivity index (χ3v) is 6.11. The lowest BCUT2D eigenvalue weighted by Gasteiger charge is -2.36. The molecule has 4 heteroatoms. The van der Waals surface area contributed by atoms with Crippen molar-refractivity contribution in [3.8, 4) is 0 Å². The first-order valence-electron chi connectivity index (χ1n) is 9.48. The molecule has 0 bridgehead atoms. The second-order valence-corrected chi connectivity index (χ2v) is 7.55. The Labute approximate surface area is 161 Å². The predicted molar refractivity (Wildman–Crippen MR) is 106 cm³/mol. The number of para-hydroxylation sites is 1. The van der Waals surface area contributed by atoms with E-state index in [2.05, 4.69) is 17.1 Å². The maximum atomic E-state index is 13.5. The summed E-state index contributed by atoms with van der Waals surface area (Å²) in [4.78, 5) is 18.7. The number of hydrogen-bond donors (Lipinski definition) is 1. The zero-order valence-corrected chi connectivity index (χ0v) is 15.0. The van der Waals surface area contributed by atoms with E-state index < -0.39 is 0 Å². The first-order chi connectivity index (χ1) is 13.7. The van der Waals surface area contributed by atoms with Crippen LogP contribution >= 0.6 is 0 Å². The largest absolute Gasteiger partial charge is 0.356 e.